The lowest BCUT2D eigenvalue weighted by molar-refractivity contribution is -0.138. The number of amides is 1. The molecule has 0 radical (unpaired) electrons. The maximum absolute atomic E-state index is 12.2. The lowest BCUT2D eigenvalue weighted by Crippen LogP contribution is -2.31. The first-order valence-corrected chi connectivity index (χ1v) is 10.3. The Kier molecular flexibility index (Phi) is 7.44. The van der Waals surface area contributed by atoms with Crippen LogP contribution >= 0.6 is 0 Å². The highest BCUT2D eigenvalue weighted by Gasteiger charge is 2.27. The zero-order valence-electron chi connectivity index (χ0n) is 18.3. The van der Waals surface area contributed by atoms with Gasteiger partial charge in [0.1, 0.15) is 17.0 Å². The quantitative estimate of drug-likeness (QED) is 0.609. The van der Waals surface area contributed by atoms with E-state index in [1.165, 1.54) is 0 Å². The van der Waals surface area contributed by atoms with Crippen molar-refractivity contribution in [3.05, 3.63) is 82.8 Å². The van der Waals surface area contributed by atoms with Gasteiger partial charge in [-0.3, -0.25) is 4.79 Å². The number of aliphatic hydroxyl groups excluding tert-OH is 1. The summed E-state index contributed by atoms with van der Waals surface area (Å²) in [7, 11) is 0. The Morgan fingerprint density at radius 2 is 1.81 bits per heavy atom. The maximum Gasteiger partial charge on any atom is 0.343 e. The molecule has 3 rings (SSSR count). The molecule has 0 unspecified atom stereocenters. The zero-order valence-corrected chi connectivity index (χ0v) is 18.3. The molecule has 0 saturated carbocycles. The molecule has 32 heavy (non-hydrogen) atoms. The molecule has 0 bridgehead atoms. The third-order valence-electron chi connectivity index (χ3n) is 4.84. The molecule has 0 aliphatic carbocycles. The smallest absolute Gasteiger partial charge is 0.343 e. The molecule has 1 amide bonds. The van der Waals surface area contributed by atoms with Crippen molar-refractivity contribution in [2.75, 3.05) is 13.2 Å². The third-order valence-corrected chi connectivity index (χ3v) is 4.84. The molecular weight excluding hydrogens is 408 g/mol. The van der Waals surface area contributed by atoms with E-state index >= 15 is 0 Å². The number of carbonyl (C=O) groups is 2. The fraction of sp³-hybridized carbons (Fsp3) is 0.240. The average Bonchev–Trinajstić information content (AvgIpc) is 3.06. The maximum atomic E-state index is 12.2. The van der Waals surface area contributed by atoms with Crippen LogP contribution in [0.2, 0.25) is 0 Å². The second-order valence-electron chi connectivity index (χ2n) is 7.23. The van der Waals surface area contributed by atoms with Gasteiger partial charge in [0, 0.05) is 0 Å². The summed E-state index contributed by atoms with van der Waals surface area (Å²) < 4.78 is 10.5. The molecule has 0 aromatic heterocycles. The molecule has 2 aromatic rings. The van der Waals surface area contributed by atoms with E-state index in [0.29, 0.717) is 11.5 Å². The standard InChI is InChI=1S/C25H26N2O5/c1-4-31-25(30)23-17(3)26-21(24(23)29)14-18-10-12-20(13-11-18)32-15-22(28)27-16(2)19-8-6-5-7-9-19/h5-14,16,29H,4,15H2,1-3H3,(H,27,28)/b21-14+/t16-/m0/s1. The molecule has 2 N–H and O–H groups in total. The summed E-state index contributed by atoms with van der Waals surface area (Å²) >= 11 is 0. The third kappa shape index (κ3) is 5.63. The summed E-state index contributed by atoms with van der Waals surface area (Å²) in [6.07, 6.45) is 1.66. The van der Waals surface area contributed by atoms with Gasteiger partial charge in [0.25, 0.3) is 5.91 Å². The van der Waals surface area contributed by atoms with Crippen LogP contribution in [0.15, 0.2) is 76.6 Å². The Balaban J connectivity index is 1.58. The van der Waals surface area contributed by atoms with Crippen molar-refractivity contribution >= 4 is 23.7 Å². The first-order chi connectivity index (χ1) is 15.4. The number of carbonyl (C=O) groups excluding carboxylic acids is 2. The second kappa shape index (κ2) is 10.4. The number of rotatable bonds is 8. The largest absolute Gasteiger partial charge is 0.505 e. The molecule has 166 valence electrons. The van der Waals surface area contributed by atoms with Crippen LogP contribution in [0.3, 0.4) is 0 Å². The minimum atomic E-state index is -0.599. The van der Waals surface area contributed by atoms with Crippen molar-refractivity contribution in [2.45, 2.75) is 26.8 Å². The van der Waals surface area contributed by atoms with E-state index in [-0.39, 0.29) is 42.2 Å². The molecular formula is C25H26N2O5. The van der Waals surface area contributed by atoms with Gasteiger partial charge in [0.15, 0.2) is 12.4 Å². The van der Waals surface area contributed by atoms with E-state index in [4.69, 9.17) is 9.47 Å². The van der Waals surface area contributed by atoms with E-state index in [1.807, 2.05) is 37.3 Å². The zero-order chi connectivity index (χ0) is 23.1. The van der Waals surface area contributed by atoms with Crippen molar-refractivity contribution in [1.82, 2.24) is 5.32 Å². The molecule has 1 aliphatic rings. The van der Waals surface area contributed by atoms with E-state index < -0.39 is 5.97 Å². The highest BCUT2D eigenvalue weighted by molar-refractivity contribution is 6.22. The van der Waals surface area contributed by atoms with Gasteiger partial charge in [0.05, 0.1) is 18.4 Å². The lowest BCUT2D eigenvalue weighted by atomic mass is 10.1. The summed E-state index contributed by atoms with van der Waals surface area (Å²) in [6.45, 7) is 5.37. The van der Waals surface area contributed by atoms with Crippen molar-refractivity contribution in [3.8, 4) is 5.75 Å². The molecule has 7 nitrogen and oxygen atoms in total. The number of benzene rings is 2. The number of nitrogens with one attached hydrogen (secondary N) is 1. The van der Waals surface area contributed by atoms with Crippen molar-refractivity contribution in [1.29, 1.82) is 0 Å². The fourth-order valence-corrected chi connectivity index (χ4v) is 3.21. The van der Waals surface area contributed by atoms with Crippen LogP contribution in [0.4, 0.5) is 0 Å². The summed E-state index contributed by atoms with van der Waals surface area (Å²) in [5.41, 5.74) is 2.54. The van der Waals surface area contributed by atoms with E-state index in [1.54, 1.807) is 44.2 Å². The monoisotopic (exact) mass is 434 g/mol. The first-order valence-electron chi connectivity index (χ1n) is 10.3. The molecule has 0 saturated heterocycles. The highest BCUT2D eigenvalue weighted by atomic mass is 16.5. The number of ether oxygens (including phenoxy) is 2. The number of hydrogen-bond acceptors (Lipinski definition) is 6. The Labute approximate surface area is 187 Å². The number of esters is 1. The van der Waals surface area contributed by atoms with Gasteiger partial charge >= 0.3 is 5.97 Å². The van der Waals surface area contributed by atoms with Crippen LogP contribution in [-0.2, 0) is 14.3 Å². The minimum absolute atomic E-state index is 0.0776. The second-order valence-corrected chi connectivity index (χ2v) is 7.23. The molecule has 1 heterocycles. The van der Waals surface area contributed by atoms with Gasteiger partial charge in [0.2, 0.25) is 0 Å². The topological polar surface area (TPSA) is 97.2 Å². The summed E-state index contributed by atoms with van der Waals surface area (Å²) in [5, 5.41) is 13.3. The van der Waals surface area contributed by atoms with Crippen molar-refractivity contribution < 1.29 is 24.2 Å². The Morgan fingerprint density at radius 3 is 2.47 bits per heavy atom. The summed E-state index contributed by atoms with van der Waals surface area (Å²) in [6, 6.07) is 16.6. The Bertz CT molecular complexity index is 1070. The van der Waals surface area contributed by atoms with Gasteiger partial charge in [-0.2, -0.15) is 0 Å². The number of aliphatic hydroxyl groups is 1. The van der Waals surface area contributed by atoms with Crippen LogP contribution in [0, 0.1) is 0 Å². The first kappa shape index (κ1) is 22.8. The minimum Gasteiger partial charge on any atom is -0.505 e. The predicted molar refractivity (Wildman–Crippen MR) is 122 cm³/mol. The van der Waals surface area contributed by atoms with Crippen LogP contribution < -0.4 is 10.1 Å². The Morgan fingerprint density at radius 1 is 1.12 bits per heavy atom. The fourth-order valence-electron chi connectivity index (χ4n) is 3.21. The van der Waals surface area contributed by atoms with Gasteiger partial charge in [-0.25, -0.2) is 9.79 Å². The summed E-state index contributed by atoms with van der Waals surface area (Å²) in [4.78, 5) is 28.4. The number of aliphatic imine (C=N–C) groups is 1. The van der Waals surface area contributed by atoms with Crippen LogP contribution in [0.1, 0.15) is 37.9 Å². The van der Waals surface area contributed by atoms with Crippen molar-refractivity contribution in [3.63, 3.8) is 0 Å². The highest BCUT2D eigenvalue weighted by Crippen LogP contribution is 2.27. The van der Waals surface area contributed by atoms with Crippen LogP contribution in [0.5, 0.6) is 5.75 Å². The summed E-state index contributed by atoms with van der Waals surface area (Å²) in [5.74, 6) is -0.485. The van der Waals surface area contributed by atoms with Gasteiger partial charge in [-0.05, 0) is 50.1 Å². The average molecular weight is 434 g/mol. The molecule has 7 heteroatoms. The van der Waals surface area contributed by atoms with Gasteiger partial charge in [-0.1, -0.05) is 42.5 Å². The van der Waals surface area contributed by atoms with Crippen LogP contribution in [-0.4, -0.2) is 35.9 Å². The van der Waals surface area contributed by atoms with Crippen LogP contribution in [0.25, 0.3) is 6.08 Å². The lowest BCUT2D eigenvalue weighted by Gasteiger charge is -2.14. The number of hydrogen-bond donors (Lipinski definition) is 2. The van der Waals surface area contributed by atoms with Gasteiger partial charge in [-0.15, -0.1) is 0 Å². The predicted octanol–water partition coefficient (Wildman–Crippen LogP) is 4.13. The number of nitrogens with zero attached hydrogens (tertiary/aromatic N) is 1. The van der Waals surface area contributed by atoms with Gasteiger partial charge < -0.3 is 19.9 Å². The Hall–Kier alpha value is -3.87. The normalized spacial score (nSPS) is 15.3. The SMILES string of the molecule is CCOC(=O)C1=C(O)/C(=C\c2ccc(OCC(=O)N[C@@H](C)c3ccccc3)cc2)N=C1C. The van der Waals surface area contributed by atoms with E-state index in [0.717, 1.165) is 11.1 Å². The van der Waals surface area contributed by atoms with E-state index in [2.05, 4.69) is 10.3 Å². The molecule has 0 spiro atoms. The molecule has 1 atom stereocenters. The van der Waals surface area contributed by atoms with Crippen molar-refractivity contribution in [2.24, 2.45) is 4.99 Å². The molecule has 0 fully saturated rings. The molecule has 2 aromatic carbocycles. The molecule has 1 aliphatic heterocycles. The van der Waals surface area contributed by atoms with E-state index in [9.17, 15) is 14.7 Å².